The zero-order valence-corrected chi connectivity index (χ0v) is 16.4. The second-order valence-corrected chi connectivity index (χ2v) is 7.79. The van der Waals surface area contributed by atoms with Crippen molar-refractivity contribution >= 4 is 17.9 Å². The Labute approximate surface area is 154 Å². The van der Waals surface area contributed by atoms with Crippen molar-refractivity contribution < 1.29 is 19.4 Å². The van der Waals surface area contributed by atoms with Crippen LogP contribution in [-0.4, -0.2) is 42.4 Å². The van der Waals surface area contributed by atoms with Gasteiger partial charge in [-0.25, -0.2) is 4.79 Å². The van der Waals surface area contributed by atoms with Crippen LogP contribution in [0.5, 0.6) is 5.75 Å². The van der Waals surface area contributed by atoms with Gasteiger partial charge in [0.25, 0.3) is 0 Å². The van der Waals surface area contributed by atoms with Crippen LogP contribution in [0, 0.1) is 6.92 Å². The monoisotopic (exact) mass is 367 g/mol. The van der Waals surface area contributed by atoms with E-state index in [0.717, 1.165) is 10.5 Å². The van der Waals surface area contributed by atoms with Gasteiger partial charge < -0.3 is 14.6 Å². The third-order valence-corrected chi connectivity index (χ3v) is 5.65. The maximum atomic E-state index is 11.8. The number of hydrogen-bond donors (Lipinski definition) is 1. The SMILES string of the molecule is CCOC(=O)Oc1c(C)cc(C2CCCCC2)cc1SC(O)N(C)C. The summed E-state index contributed by atoms with van der Waals surface area (Å²) in [6.45, 7) is 3.94. The Kier molecular flexibility index (Phi) is 7.59. The number of thioether (sulfide) groups is 1. The molecule has 0 aromatic heterocycles. The normalized spacial score (nSPS) is 16.7. The van der Waals surface area contributed by atoms with Gasteiger partial charge in [0.15, 0.2) is 11.3 Å². The molecule has 1 aromatic rings. The van der Waals surface area contributed by atoms with E-state index in [1.54, 1.807) is 25.9 Å². The fraction of sp³-hybridized carbons (Fsp3) is 0.632. The van der Waals surface area contributed by atoms with Crippen LogP contribution in [0.2, 0.25) is 0 Å². The molecule has 0 spiro atoms. The van der Waals surface area contributed by atoms with Gasteiger partial charge in [-0.3, -0.25) is 4.90 Å². The van der Waals surface area contributed by atoms with Gasteiger partial charge in [0.2, 0.25) is 0 Å². The van der Waals surface area contributed by atoms with Gasteiger partial charge in [-0.1, -0.05) is 37.1 Å². The van der Waals surface area contributed by atoms with Crippen molar-refractivity contribution in [3.05, 3.63) is 23.3 Å². The number of aliphatic hydroxyl groups excluding tert-OH is 1. The van der Waals surface area contributed by atoms with Crippen LogP contribution in [0.3, 0.4) is 0 Å². The molecule has 0 aliphatic heterocycles. The lowest BCUT2D eigenvalue weighted by Crippen LogP contribution is -2.24. The van der Waals surface area contributed by atoms with Crippen LogP contribution in [0.15, 0.2) is 17.0 Å². The van der Waals surface area contributed by atoms with E-state index < -0.39 is 11.7 Å². The molecule has 0 bridgehead atoms. The van der Waals surface area contributed by atoms with Crippen molar-refractivity contribution in [2.24, 2.45) is 0 Å². The molecule has 140 valence electrons. The summed E-state index contributed by atoms with van der Waals surface area (Å²) >= 11 is 1.28. The number of rotatable bonds is 6. The molecule has 5 nitrogen and oxygen atoms in total. The summed E-state index contributed by atoms with van der Waals surface area (Å²) < 4.78 is 10.3. The first-order valence-corrected chi connectivity index (χ1v) is 9.80. The number of benzene rings is 1. The number of nitrogens with zero attached hydrogens (tertiary/aromatic N) is 1. The minimum Gasteiger partial charge on any atom is -0.434 e. The van der Waals surface area contributed by atoms with Gasteiger partial charge in [-0.05, 0) is 63.9 Å². The number of aliphatic hydroxyl groups is 1. The molecule has 1 atom stereocenters. The summed E-state index contributed by atoms with van der Waals surface area (Å²) in [5.41, 5.74) is 1.44. The summed E-state index contributed by atoms with van der Waals surface area (Å²) in [5.74, 6) is 1.02. The summed E-state index contributed by atoms with van der Waals surface area (Å²) in [4.78, 5) is 14.3. The van der Waals surface area contributed by atoms with E-state index >= 15 is 0 Å². The molecular formula is C19H29NO4S. The lowest BCUT2D eigenvalue weighted by Gasteiger charge is -2.25. The van der Waals surface area contributed by atoms with Crippen molar-refractivity contribution in [1.82, 2.24) is 4.90 Å². The Balaban J connectivity index is 2.33. The maximum Gasteiger partial charge on any atom is 0.513 e. The van der Waals surface area contributed by atoms with Gasteiger partial charge in [0.05, 0.1) is 11.5 Å². The van der Waals surface area contributed by atoms with Crippen LogP contribution in [0.25, 0.3) is 0 Å². The van der Waals surface area contributed by atoms with Crippen LogP contribution < -0.4 is 4.74 Å². The van der Waals surface area contributed by atoms with E-state index in [1.807, 2.05) is 6.92 Å². The molecule has 1 aliphatic rings. The predicted octanol–water partition coefficient (Wildman–Crippen LogP) is 4.51. The molecular weight excluding hydrogens is 338 g/mol. The molecule has 0 radical (unpaired) electrons. The number of aryl methyl sites for hydroxylation is 1. The van der Waals surface area contributed by atoms with Crippen molar-refractivity contribution in [2.75, 3.05) is 20.7 Å². The maximum absolute atomic E-state index is 11.8. The van der Waals surface area contributed by atoms with Crippen LogP contribution in [0.4, 0.5) is 4.79 Å². The zero-order valence-electron chi connectivity index (χ0n) is 15.6. The Morgan fingerprint density at radius 3 is 2.60 bits per heavy atom. The molecule has 1 saturated carbocycles. The molecule has 1 aliphatic carbocycles. The van der Waals surface area contributed by atoms with E-state index in [9.17, 15) is 9.90 Å². The predicted molar refractivity (Wildman–Crippen MR) is 100 cm³/mol. The lowest BCUT2D eigenvalue weighted by molar-refractivity contribution is 0.102. The molecule has 25 heavy (non-hydrogen) atoms. The highest BCUT2D eigenvalue weighted by Gasteiger charge is 2.22. The Morgan fingerprint density at radius 2 is 2.00 bits per heavy atom. The molecule has 6 heteroatoms. The van der Waals surface area contributed by atoms with Crippen LogP contribution in [-0.2, 0) is 4.74 Å². The van der Waals surface area contributed by atoms with Gasteiger partial charge in [-0.2, -0.15) is 0 Å². The highest BCUT2D eigenvalue weighted by molar-refractivity contribution is 7.99. The highest BCUT2D eigenvalue weighted by Crippen LogP contribution is 2.41. The molecule has 1 unspecified atom stereocenters. The number of carbonyl (C=O) groups is 1. The summed E-state index contributed by atoms with van der Waals surface area (Å²) in [5, 5.41) is 10.3. The lowest BCUT2D eigenvalue weighted by atomic mass is 9.83. The first-order chi connectivity index (χ1) is 11.9. The summed E-state index contributed by atoms with van der Waals surface area (Å²) in [7, 11) is 3.61. The third-order valence-electron chi connectivity index (χ3n) is 4.46. The average molecular weight is 368 g/mol. The number of carbonyl (C=O) groups excluding carboxylic acids is 1. The van der Waals surface area contributed by atoms with Crippen molar-refractivity contribution in [1.29, 1.82) is 0 Å². The number of hydrogen-bond acceptors (Lipinski definition) is 6. The number of ether oxygens (including phenoxy) is 2. The summed E-state index contributed by atoms with van der Waals surface area (Å²) in [6.07, 6.45) is 5.49. The second kappa shape index (κ2) is 9.46. The standard InChI is InChI=1S/C19H29NO4S/c1-5-23-19(22)24-17-13(2)11-15(14-9-7-6-8-10-14)12-16(17)25-18(21)20(3)4/h11-12,14,18,21H,5-10H2,1-4H3. The Hall–Kier alpha value is -1.24. The van der Waals surface area contributed by atoms with Crippen molar-refractivity contribution in [3.8, 4) is 5.75 Å². The fourth-order valence-electron chi connectivity index (χ4n) is 3.11. The average Bonchev–Trinajstić information content (AvgIpc) is 2.58. The van der Waals surface area contributed by atoms with Gasteiger partial charge >= 0.3 is 6.16 Å². The summed E-state index contributed by atoms with van der Waals surface area (Å²) in [6, 6.07) is 4.17. The van der Waals surface area contributed by atoms with Gasteiger partial charge in [-0.15, -0.1) is 0 Å². The quantitative estimate of drug-likeness (QED) is 0.346. The first kappa shape index (κ1) is 20.1. The first-order valence-electron chi connectivity index (χ1n) is 8.92. The smallest absolute Gasteiger partial charge is 0.434 e. The fourth-order valence-corrected chi connectivity index (χ4v) is 4.06. The molecule has 0 saturated heterocycles. The minimum absolute atomic E-state index is 0.265. The van der Waals surface area contributed by atoms with Gasteiger partial charge in [0.1, 0.15) is 0 Å². The largest absolute Gasteiger partial charge is 0.513 e. The molecule has 2 rings (SSSR count). The van der Waals surface area contributed by atoms with Crippen LogP contribution >= 0.6 is 11.8 Å². The third kappa shape index (κ3) is 5.62. The Morgan fingerprint density at radius 1 is 1.32 bits per heavy atom. The highest BCUT2D eigenvalue weighted by atomic mass is 32.2. The minimum atomic E-state index is -0.717. The van der Waals surface area contributed by atoms with Crippen molar-refractivity contribution in [3.63, 3.8) is 0 Å². The van der Waals surface area contributed by atoms with E-state index in [2.05, 4.69) is 12.1 Å². The topological polar surface area (TPSA) is 59.0 Å². The second-order valence-electron chi connectivity index (χ2n) is 6.69. The molecule has 1 aromatic carbocycles. The molecule has 1 N–H and O–H groups in total. The van der Waals surface area contributed by atoms with E-state index in [1.165, 1.54) is 49.4 Å². The Bertz CT molecular complexity index is 585. The molecule has 0 amide bonds. The van der Waals surface area contributed by atoms with E-state index in [0.29, 0.717) is 11.7 Å². The van der Waals surface area contributed by atoms with Gasteiger partial charge in [0, 0.05) is 0 Å². The van der Waals surface area contributed by atoms with E-state index in [4.69, 9.17) is 9.47 Å². The zero-order chi connectivity index (χ0) is 18.4. The van der Waals surface area contributed by atoms with E-state index in [-0.39, 0.29) is 6.61 Å². The molecule has 1 fully saturated rings. The van der Waals surface area contributed by atoms with Crippen molar-refractivity contribution in [2.45, 2.75) is 62.3 Å². The molecule has 0 heterocycles. The van der Waals surface area contributed by atoms with Crippen LogP contribution in [0.1, 0.15) is 56.1 Å².